The maximum Gasteiger partial charge on any atom is 0.416 e. The smallest absolute Gasteiger partial charge is 0.309 e. The molecule has 0 unspecified atom stereocenters. The van der Waals surface area contributed by atoms with Gasteiger partial charge < -0.3 is 4.57 Å². The molecule has 4 nitrogen and oxygen atoms in total. The van der Waals surface area contributed by atoms with Crippen LogP contribution in [0.1, 0.15) is 5.56 Å². The Bertz CT molecular complexity index is 2970. The Morgan fingerprint density at radius 1 is 0.339 bits per heavy atom. The first kappa shape index (κ1) is 35.8. The van der Waals surface area contributed by atoms with Crippen LogP contribution in [0.5, 0.6) is 0 Å². The summed E-state index contributed by atoms with van der Waals surface area (Å²) in [5, 5.41) is 2.02. The molecule has 8 aromatic carbocycles. The van der Waals surface area contributed by atoms with E-state index in [1.54, 1.807) is 6.07 Å². The van der Waals surface area contributed by atoms with Crippen molar-refractivity contribution in [2.45, 2.75) is 6.18 Å². The molecule has 10 rings (SSSR count). The quantitative estimate of drug-likeness (QED) is 0.162. The van der Waals surface area contributed by atoms with Crippen LogP contribution in [-0.4, -0.2) is 19.5 Å². The Morgan fingerprint density at radius 2 is 0.763 bits per heavy atom. The van der Waals surface area contributed by atoms with E-state index in [4.69, 9.17) is 15.0 Å². The third kappa shape index (κ3) is 6.83. The first-order valence-corrected chi connectivity index (χ1v) is 19.3. The van der Waals surface area contributed by atoms with E-state index in [9.17, 15) is 13.2 Å². The molecule has 10 aromatic rings. The van der Waals surface area contributed by atoms with Gasteiger partial charge in [0.2, 0.25) is 0 Å². The normalized spacial score (nSPS) is 11.6. The van der Waals surface area contributed by atoms with E-state index < -0.39 is 11.7 Å². The fourth-order valence-corrected chi connectivity index (χ4v) is 7.80. The molecule has 0 saturated carbocycles. The second kappa shape index (κ2) is 14.7. The molecule has 0 amide bonds. The van der Waals surface area contributed by atoms with Gasteiger partial charge in [0.05, 0.1) is 22.3 Å². The highest BCUT2D eigenvalue weighted by Crippen LogP contribution is 2.42. The van der Waals surface area contributed by atoms with Gasteiger partial charge in [0.25, 0.3) is 0 Å². The predicted molar refractivity (Wildman–Crippen MR) is 232 cm³/mol. The Kier molecular flexibility index (Phi) is 8.91. The van der Waals surface area contributed by atoms with Crippen molar-refractivity contribution in [3.05, 3.63) is 206 Å². The summed E-state index contributed by atoms with van der Waals surface area (Å²) in [5.41, 5.74) is 9.30. The molecule has 282 valence electrons. The van der Waals surface area contributed by atoms with Gasteiger partial charge in [-0.05, 0) is 58.1 Å². The zero-order valence-corrected chi connectivity index (χ0v) is 31.5. The predicted octanol–water partition coefficient (Wildman–Crippen LogP) is 14.0. The van der Waals surface area contributed by atoms with Crippen LogP contribution in [-0.2, 0) is 6.18 Å². The van der Waals surface area contributed by atoms with Crippen molar-refractivity contribution >= 4 is 21.8 Å². The van der Waals surface area contributed by atoms with Crippen LogP contribution in [0.25, 0.3) is 95.0 Å². The molecular formula is C52H33F3N4. The van der Waals surface area contributed by atoms with Gasteiger partial charge in [-0.1, -0.05) is 170 Å². The van der Waals surface area contributed by atoms with Crippen LogP contribution in [0.15, 0.2) is 200 Å². The van der Waals surface area contributed by atoms with Gasteiger partial charge in [-0.25, -0.2) is 15.0 Å². The van der Waals surface area contributed by atoms with Crippen LogP contribution in [0, 0.1) is 0 Å². The van der Waals surface area contributed by atoms with E-state index in [2.05, 4.69) is 65.2 Å². The van der Waals surface area contributed by atoms with E-state index in [0.29, 0.717) is 39.9 Å². The zero-order valence-electron chi connectivity index (χ0n) is 31.5. The molecule has 2 heterocycles. The summed E-state index contributed by atoms with van der Waals surface area (Å²) in [6.45, 7) is 0. The van der Waals surface area contributed by atoms with Crippen molar-refractivity contribution in [1.82, 2.24) is 19.5 Å². The highest BCUT2D eigenvalue weighted by Gasteiger charge is 2.31. The molecule has 0 bridgehead atoms. The van der Waals surface area contributed by atoms with Crippen molar-refractivity contribution < 1.29 is 13.2 Å². The third-order valence-electron chi connectivity index (χ3n) is 10.7. The number of hydrogen-bond acceptors (Lipinski definition) is 3. The molecule has 0 aliphatic carbocycles. The Morgan fingerprint density at radius 3 is 1.24 bits per heavy atom. The first-order chi connectivity index (χ1) is 28.9. The Hall–Kier alpha value is -7.64. The molecule has 0 saturated heterocycles. The highest BCUT2D eigenvalue weighted by molar-refractivity contribution is 6.11. The summed E-state index contributed by atoms with van der Waals surface area (Å²) in [5.74, 6) is 1.45. The maximum absolute atomic E-state index is 14.3. The summed E-state index contributed by atoms with van der Waals surface area (Å²) in [6, 6.07) is 64.0. The van der Waals surface area contributed by atoms with Crippen molar-refractivity contribution in [1.29, 1.82) is 0 Å². The topological polar surface area (TPSA) is 43.6 Å². The Balaban J connectivity index is 1.29. The summed E-state index contributed by atoms with van der Waals surface area (Å²) in [7, 11) is 0. The van der Waals surface area contributed by atoms with Crippen molar-refractivity contribution in [3.63, 3.8) is 0 Å². The molecular weight excluding hydrogens is 738 g/mol. The van der Waals surface area contributed by atoms with Crippen LogP contribution < -0.4 is 0 Å². The highest BCUT2D eigenvalue weighted by atomic mass is 19.4. The number of aromatic nitrogens is 4. The number of hydrogen-bond donors (Lipinski definition) is 0. The van der Waals surface area contributed by atoms with Gasteiger partial charge in [0.15, 0.2) is 17.5 Å². The molecule has 59 heavy (non-hydrogen) atoms. The molecule has 0 radical (unpaired) electrons. The van der Waals surface area contributed by atoms with Crippen LogP contribution in [0.2, 0.25) is 0 Å². The molecule has 0 N–H and O–H groups in total. The zero-order chi connectivity index (χ0) is 39.9. The summed E-state index contributed by atoms with van der Waals surface area (Å²) in [6.07, 6.45) is -4.52. The molecule has 0 spiro atoms. The van der Waals surface area contributed by atoms with Crippen molar-refractivity contribution in [2.24, 2.45) is 0 Å². The number of fused-ring (bicyclic) bond motifs is 3. The number of alkyl halides is 3. The average molecular weight is 771 g/mol. The fraction of sp³-hybridized carbons (Fsp3) is 0.0192. The lowest BCUT2D eigenvalue weighted by molar-refractivity contribution is -0.137. The summed E-state index contributed by atoms with van der Waals surface area (Å²) in [4.78, 5) is 14.9. The van der Waals surface area contributed by atoms with Crippen molar-refractivity contribution in [2.75, 3.05) is 0 Å². The summed E-state index contributed by atoms with van der Waals surface area (Å²) >= 11 is 0. The van der Waals surface area contributed by atoms with Gasteiger partial charge in [-0.3, -0.25) is 0 Å². The fourth-order valence-electron chi connectivity index (χ4n) is 7.80. The second-order valence-electron chi connectivity index (χ2n) is 14.4. The van der Waals surface area contributed by atoms with Crippen LogP contribution >= 0.6 is 0 Å². The molecule has 2 aromatic heterocycles. The van der Waals surface area contributed by atoms with Gasteiger partial charge in [0.1, 0.15) is 0 Å². The number of benzene rings is 8. The SMILES string of the molecule is FC(F)(F)c1cccc(-c2ccc(-c3nc(-c4ccccc4)nc(-c4ccccc4)n3)cc2-n2c3cc(-c4ccccc4)ccc3c3ccc(-c4ccccc4)cc32)c1. The van der Waals surface area contributed by atoms with Gasteiger partial charge in [0, 0.05) is 33.0 Å². The molecule has 0 aliphatic rings. The average Bonchev–Trinajstić information content (AvgIpc) is 3.62. The molecule has 0 atom stereocenters. The number of halogens is 3. The second-order valence-corrected chi connectivity index (χ2v) is 14.4. The van der Waals surface area contributed by atoms with Crippen molar-refractivity contribution in [3.8, 4) is 73.2 Å². The molecule has 7 heteroatoms. The minimum Gasteiger partial charge on any atom is -0.309 e. The minimum atomic E-state index is -4.52. The lowest BCUT2D eigenvalue weighted by Crippen LogP contribution is -2.05. The molecule has 0 aliphatic heterocycles. The first-order valence-electron chi connectivity index (χ1n) is 19.3. The van der Waals surface area contributed by atoms with E-state index in [1.807, 2.05) is 115 Å². The lowest BCUT2D eigenvalue weighted by Gasteiger charge is -2.18. The number of rotatable bonds is 7. The minimum absolute atomic E-state index is 0.431. The van der Waals surface area contributed by atoms with E-state index in [-0.39, 0.29) is 0 Å². The largest absolute Gasteiger partial charge is 0.416 e. The van der Waals surface area contributed by atoms with Gasteiger partial charge >= 0.3 is 6.18 Å². The monoisotopic (exact) mass is 770 g/mol. The third-order valence-corrected chi connectivity index (χ3v) is 10.7. The van der Waals surface area contributed by atoms with E-state index in [0.717, 1.165) is 61.3 Å². The van der Waals surface area contributed by atoms with Crippen LogP contribution in [0.3, 0.4) is 0 Å². The molecule has 0 fully saturated rings. The standard InChI is InChI=1S/C52H33F3N4/c53-52(54,55)42-23-13-22-40(30-42)43-27-26-41(51-57-49(36-18-9-3-10-19-36)56-50(58-51)37-20-11-4-12-21-37)33-46(43)59-47-31-38(34-14-5-1-6-15-34)24-28-44(47)45-29-25-39(32-48(45)59)35-16-7-2-8-17-35/h1-33H. The lowest BCUT2D eigenvalue weighted by atomic mass is 9.98. The van der Waals surface area contributed by atoms with Gasteiger partial charge in [-0.2, -0.15) is 13.2 Å². The maximum atomic E-state index is 14.3. The van der Waals surface area contributed by atoms with Gasteiger partial charge in [-0.15, -0.1) is 0 Å². The van der Waals surface area contributed by atoms with Crippen LogP contribution in [0.4, 0.5) is 13.2 Å². The van der Waals surface area contributed by atoms with E-state index in [1.165, 1.54) is 12.1 Å². The van der Waals surface area contributed by atoms with E-state index >= 15 is 0 Å². The number of nitrogens with zero attached hydrogens (tertiary/aromatic N) is 4. The Labute approximate surface area is 338 Å². The summed E-state index contributed by atoms with van der Waals surface area (Å²) < 4.78 is 45.1.